The fourth-order valence-corrected chi connectivity index (χ4v) is 2.11. The summed E-state index contributed by atoms with van der Waals surface area (Å²) in [5, 5.41) is 5.82. The molecule has 0 saturated carbocycles. The number of amides is 2. The molecule has 1 atom stereocenters. The standard InChI is InChI=1S/C17H29N3O2/c1-5-6-7-9-14(4)20-17(21)19-12-15-10-8-11-18-16(15)22-13(2)3/h8,10-11,13-14H,5-7,9,12H2,1-4H3,(H2,19,20,21). The van der Waals surface area contributed by atoms with Crippen molar-refractivity contribution in [1.82, 2.24) is 15.6 Å². The van der Waals surface area contributed by atoms with Crippen LogP contribution in [-0.4, -0.2) is 23.2 Å². The quantitative estimate of drug-likeness (QED) is 0.685. The molecule has 0 aliphatic carbocycles. The molecule has 124 valence electrons. The molecule has 1 aromatic rings. The number of nitrogens with zero attached hydrogens (tertiary/aromatic N) is 1. The van der Waals surface area contributed by atoms with E-state index in [-0.39, 0.29) is 18.2 Å². The summed E-state index contributed by atoms with van der Waals surface area (Å²) in [6.07, 6.45) is 6.30. The number of carbonyl (C=O) groups excluding carboxylic acids is 1. The van der Waals surface area contributed by atoms with E-state index in [2.05, 4.69) is 22.5 Å². The van der Waals surface area contributed by atoms with E-state index >= 15 is 0 Å². The molecule has 2 amide bonds. The molecule has 0 bridgehead atoms. The summed E-state index contributed by atoms with van der Waals surface area (Å²) in [7, 11) is 0. The zero-order chi connectivity index (χ0) is 16.4. The van der Waals surface area contributed by atoms with Crippen molar-refractivity contribution in [3.63, 3.8) is 0 Å². The van der Waals surface area contributed by atoms with Crippen molar-refractivity contribution in [3.05, 3.63) is 23.9 Å². The van der Waals surface area contributed by atoms with Crippen molar-refractivity contribution >= 4 is 6.03 Å². The maximum atomic E-state index is 11.9. The molecular weight excluding hydrogens is 278 g/mol. The monoisotopic (exact) mass is 307 g/mol. The molecular formula is C17H29N3O2. The number of pyridine rings is 1. The lowest BCUT2D eigenvalue weighted by Gasteiger charge is -2.16. The van der Waals surface area contributed by atoms with Crippen molar-refractivity contribution in [1.29, 1.82) is 0 Å². The maximum absolute atomic E-state index is 11.9. The second-order valence-electron chi connectivity index (χ2n) is 5.86. The fourth-order valence-electron chi connectivity index (χ4n) is 2.11. The molecule has 5 heteroatoms. The van der Waals surface area contributed by atoms with Crippen LogP contribution in [0.5, 0.6) is 5.88 Å². The van der Waals surface area contributed by atoms with Crippen LogP contribution in [0, 0.1) is 0 Å². The molecule has 0 aromatic carbocycles. The summed E-state index contributed by atoms with van der Waals surface area (Å²) in [6, 6.07) is 3.79. The topological polar surface area (TPSA) is 63.2 Å². The van der Waals surface area contributed by atoms with Crippen molar-refractivity contribution < 1.29 is 9.53 Å². The Labute approximate surface area is 133 Å². The maximum Gasteiger partial charge on any atom is 0.315 e. The molecule has 0 spiro atoms. The lowest BCUT2D eigenvalue weighted by Crippen LogP contribution is -2.40. The van der Waals surface area contributed by atoms with Gasteiger partial charge in [-0.1, -0.05) is 32.3 Å². The zero-order valence-electron chi connectivity index (χ0n) is 14.2. The van der Waals surface area contributed by atoms with Crippen LogP contribution >= 0.6 is 0 Å². The summed E-state index contributed by atoms with van der Waals surface area (Å²) in [4.78, 5) is 16.1. The molecule has 0 aliphatic rings. The minimum absolute atomic E-state index is 0.0565. The molecule has 2 N–H and O–H groups in total. The Bertz CT molecular complexity index is 449. The highest BCUT2D eigenvalue weighted by atomic mass is 16.5. The van der Waals surface area contributed by atoms with Gasteiger partial charge in [0.25, 0.3) is 0 Å². The van der Waals surface area contributed by atoms with Gasteiger partial charge in [0.2, 0.25) is 5.88 Å². The van der Waals surface area contributed by atoms with Gasteiger partial charge >= 0.3 is 6.03 Å². The van der Waals surface area contributed by atoms with Crippen molar-refractivity contribution in [3.8, 4) is 5.88 Å². The number of unbranched alkanes of at least 4 members (excludes halogenated alkanes) is 2. The second-order valence-corrected chi connectivity index (χ2v) is 5.86. The van der Waals surface area contributed by atoms with Crippen LogP contribution in [-0.2, 0) is 6.54 Å². The van der Waals surface area contributed by atoms with Gasteiger partial charge < -0.3 is 15.4 Å². The van der Waals surface area contributed by atoms with E-state index in [4.69, 9.17) is 4.74 Å². The molecule has 0 aliphatic heterocycles. The molecule has 0 fully saturated rings. The summed E-state index contributed by atoms with van der Waals surface area (Å²) >= 11 is 0. The van der Waals surface area contributed by atoms with Gasteiger partial charge in [-0.15, -0.1) is 0 Å². The lowest BCUT2D eigenvalue weighted by atomic mass is 10.1. The average molecular weight is 307 g/mol. The number of aromatic nitrogens is 1. The SMILES string of the molecule is CCCCCC(C)NC(=O)NCc1cccnc1OC(C)C. The van der Waals surface area contributed by atoms with Gasteiger partial charge in [0.1, 0.15) is 0 Å². The largest absolute Gasteiger partial charge is 0.475 e. The van der Waals surface area contributed by atoms with Gasteiger partial charge in [0, 0.05) is 24.3 Å². The Hall–Kier alpha value is -1.78. The lowest BCUT2D eigenvalue weighted by molar-refractivity contribution is 0.227. The first-order valence-electron chi connectivity index (χ1n) is 8.17. The number of rotatable bonds is 9. The van der Waals surface area contributed by atoms with E-state index in [1.165, 1.54) is 12.8 Å². The smallest absolute Gasteiger partial charge is 0.315 e. The summed E-state index contributed by atoms with van der Waals surface area (Å²) in [5.41, 5.74) is 0.880. The number of urea groups is 1. The minimum atomic E-state index is -0.150. The van der Waals surface area contributed by atoms with Crippen LogP contribution in [0.3, 0.4) is 0 Å². The van der Waals surface area contributed by atoms with E-state index in [0.717, 1.165) is 18.4 Å². The molecule has 1 rings (SSSR count). The number of nitrogens with one attached hydrogen (secondary N) is 2. The van der Waals surface area contributed by atoms with Crippen molar-refractivity contribution in [2.24, 2.45) is 0 Å². The van der Waals surface area contributed by atoms with Crippen LogP contribution in [0.25, 0.3) is 0 Å². The molecule has 1 unspecified atom stereocenters. The fraction of sp³-hybridized carbons (Fsp3) is 0.647. The predicted octanol–water partition coefficient (Wildman–Crippen LogP) is 3.64. The molecule has 1 heterocycles. The highest BCUT2D eigenvalue weighted by Gasteiger charge is 2.10. The third kappa shape index (κ3) is 7.29. The minimum Gasteiger partial charge on any atom is -0.475 e. The number of hydrogen-bond donors (Lipinski definition) is 2. The number of hydrogen-bond acceptors (Lipinski definition) is 3. The highest BCUT2D eigenvalue weighted by molar-refractivity contribution is 5.74. The molecule has 0 saturated heterocycles. The Balaban J connectivity index is 2.40. The molecule has 5 nitrogen and oxygen atoms in total. The van der Waals surface area contributed by atoms with E-state index in [1.54, 1.807) is 6.20 Å². The van der Waals surface area contributed by atoms with E-state index in [0.29, 0.717) is 12.4 Å². The average Bonchev–Trinajstić information content (AvgIpc) is 2.46. The first-order valence-corrected chi connectivity index (χ1v) is 8.17. The highest BCUT2D eigenvalue weighted by Crippen LogP contribution is 2.15. The van der Waals surface area contributed by atoms with Gasteiger partial charge in [-0.3, -0.25) is 0 Å². The van der Waals surface area contributed by atoms with Crippen molar-refractivity contribution in [2.45, 2.75) is 72.1 Å². The van der Waals surface area contributed by atoms with E-state index in [9.17, 15) is 4.79 Å². The first-order chi connectivity index (χ1) is 10.5. The molecule has 22 heavy (non-hydrogen) atoms. The van der Waals surface area contributed by atoms with Crippen LogP contribution in [0.15, 0.2) is 18.3 Å². The normalized spacial score (nSPS) is 12.0. The zero-order valence-corrected chi connectivity index (χ0v) is 14.2. The van der Waals surface area contributed by atoms with Crippen LogP contribution in [0.1, 0.15) is 58.9 Å². The Morgan fingerprint density at radius 3 is 2.77 bits per heavy atom. The first kappa shape index (κ1) is 18.3. The molecule has 1 aromatic heterocycles. The van der Waals surface area contributed by atoms with Gasteiger partial charge in [-0.05, 0) is 33.3 Å². The van der Waals surface area contributed by atoms with Gasteiger partial charge in [-0.25, -0.2) is 9.78 Å². The van der Waals surface area contributed by atoms with Gasteiger partial charge in [-0.2, -0.15) is 0 Å². The second kappa shape index (κ2) is 10.0. The summed E-state index contributed by atoms with van der Waals surface area (Å²) in [5.74, 6) is 0.578. The number of ether oxygens (including phenoxy) is 1. The van der Waals surface area contributed by atoms with Gasteiger partial charge in [0.15, 0.2) is 0 Å². The molecule has 0 radical (unpaired) electrons. The summed E-state index contributed by atoms with van der Waals surface area (Å²) < 4.78 is 5.64. The summed E-state index contributed by atoms with van der Waals surface area (Å²) in [6.45, 7) is 8.53. The van der Waals surface area contributed by atoms with Crippen LogP contribution in [0.2, 0.25) is 0 Å². The van der Waals surface area contributed by atoms with Crippen molar-refractivity contribution in [2.75, 3.05) is 0 Å². The predicted molar refractivity (Wildman–Crippen MR) is 89.0 cm³/mol. The van der Waals surface area contributed by atoms with E-state index < -0.39 is 0 Å². The Morgan fingerprint density at radius 1 is 1.32 bits per heavy atom. The third-order valence-electron chi connectivity index (χ3n) is 3.25. The third-order valence-corrected chi connectivity index (χ3v) is 3.25. The van der Waals surface area contributed by atoms with E-state index in [1.807, 2.05) is 32.9 Å². The van der Waals surface area contributed by atoms with Gasteiger partial charge in [0.05, 0.1) is 6.10 Å². The Kier molecular flexibility index (Phi) is 8.33. The van der Waals surface area contributed by atoms with Crippen LogP contribution in [0.4, 0.5) is 4.79 Å². The Morgan fingerprint density at radius 2 is 2.09 bits per heavy atom. The van der Waals surface area contributed by atoms with Crippen LogP contribution < -0.4 is 15.4 Å². The number of carbonyl (C=O) groups is 1.